The van der Waals surface area contributed by atoms with Crippen LogP contribution in [0.15, 0.2) is 53.4 Å². The number of benzene rings is 2. The lowest BCUT2D eigenvalue weighted by atomic mass is 10.1. The summed E-state index contributed by atoms with van der Waals surface area (Å²) in [5.41, 5.74) is 1.50. The Morgan fingerprint density at radius 2 is 1.90 bits per heavy atom. The molecule has 0 aliphatic carbocycles. The molecule has 8 heteroatoms. The van der Waals surface area contributed by atoms with Crippen LogP contribution in [0.5, 0.6) is 11.5 Å². The second-order valence-electron chi connectivity index (χ2n) is 6.52. The van der Waals surface area contributed by atoms with Crippen LogP contribution in [0.1, 0.15) is 24.5 Å². The van der Waals surface area contributed by atoms with Crippen LogP contribution in [-0.4, -0.2) is 40.3 Å². The number of amides is 2. The minimum absolute atomic E-state index is 0.215. The molecule has 0 bridgehead atoms. The van der Waals surface area contributed by atoms with Gasteiger partial charge in [0, 0.05) is 0 Å². The fourth-order valence-electron chi connectivity index (χ4n) is 2.89. The van der Waals surface area contributed by atoms with Crippen molar-refractivity contribution >= 4 is 35.0 Å². The van der Waals surface area contributed by atoms with Crippen molar-refractivity contribution in [2.45, 2.75) is 26.0 Å². The molecule has 1 atom stereocenters. The Hall–Kier alpha value is -3.26. The van der Waals surface area contributed by atoms with E-state index in [2.05, 4.69) is 0 Å². The molecule has 0 spiro atoms. The molecule has 3 rings (SSSR count). The van der Waals surface area contributed by atoms with Crippen molar-refractivity contribution in [2.75, 3.05) is 7.11 Å². The first kappa shape index (κ1) is 21.4. The molecule has 0 saturated carbocycles. The Labute approximate surface area is 178 Å². The molecule has 1 aliphatic rings. The first-order valence-electron chi connectivity index (χ1n) is 9.29. The van der Waals surface area contributed by atoms with Gasteiger partial charge < -0.3 is 14.6 Å². The van der Waals surface area contributed by atoms with Crippen LogP contribution in [0.4, 0.5) is 4.79 Å². The lowest BCUT2D eigenvalue weighted by Gasteiger charge is -2.16. The van der Waals surface area contributed by atoms with E-state index in [1.807, 2.05) is 30.3 Å². The number of carbonyl (C=O) groups is 3. The number of thioether (sulfide) groups is 1. The number of nitrogens with zero attached hydrogens (tertiary/aromatic N) is 1. The molecule has 30 heavy (non-hydrogen) atoms. The van der Waals surface area contributed by atoms with Gasteiger partial charge in [-0.05, 0) is 47.5 Å². The van der Waals surface area contributed by atoms with E-state index in [4.69, 9.17) is 9.47 Å². The molecule has 2 aromatic rings. The molecular formula is C22H21NO6S. The van der Waals surface area contributed by atoms with E-state index >= 15 is 0 Å². The highest BCUT2D eigenvalue weighted by Crippen LogP contribution is 2.35. The van der Waals surface area contributed by atoms with Crippen molar-refractivity contribution in [3.8, 4) is 11.5 Å². The summed E-state index contributed by atoms with van der Waals surface area (Å²) in [6.07, 6.45) is 0.921. The maximum atomic E-state index is 12.7. The zero-order valence-corrected chi connectivity index (χ0v) is 17.3. The summed E-state index contributed by atoms with van der Waals surface area (Å²) < 4.78 is 10.8. The van der Waals surface area contributed by atoms with Crippen molar-refractivity contribution in [3.63, 3.8) is 0 Å². The van der Waals surface area contributed by atoms with Gasteiger partial charge in [-0.25, -0.2) is 4.79 Å². The highest BCUT2D eigenvalue weighted by molar-refractivity contribution is 8.18. The zero-order valence-electron chi connectivity index (χ0n) is 16.5. The molecule has 0 radical (unpaired) electrons. The standard InChI is InChI=1S/C22H21NO6S/c1-3-16(21(25)26)29-17-10-9-15(11-18(17)28-2)12-19-20(24)23(22(27)30-19)13-14-7-5-4-6-8-14/h4-12,16H,3,13H2,1-2H3,(H,25,26)/b19-12+. The maximum absolute atomic E-state index is 12.7. The third-order valence-electron chi connectivity index (χ3n) is 4.46. The fraction of sp³-hybridized carbons (Fsp3) is 0.227. The quantitative estimate of drug-likeness (QED) is 0.632. The monoisotopic (exact) mass is 427 g/mol. The predicted molar refractivity (Wildman–Crippen MR) is 113 cm³/mol. The Kier molecular flexibility index (Phi) is 6.79. The molecule has 156 valence electrons. The molecular weight excluding hydrogens is 406 g/mol. The summed E-state index contributed by atoms with van der Waals surface area (Å²) in [5, 5.41) is 8.85. The van der Waals surface area contributed by atoms with Crippen LogP contribution in [0, 0.1) is 0 Å². The molecule has 0 aromatic heterocycles. The van der Waals surface area contributed by atoms with E-state index in [0.29, 0.717) is 28.4 Å². The number of carboxylic acids is 1. The van der Waals surface area contributed by atoms with Crippen molar-refractivity contribution in [3.05, 3.63) is 64.6 Å². The van der Waals surface area contributed by atoms with Gasteiger partial charge in [0.05, 0.1) is 18.6 Å². The van der Waals surface area contributed by atoms with Crippen LogP contribution >= 0.6 is 11.8 Å². The predicted octanol–water partition coefficient (Wildman–Crippen LogP) is 4.17. The minimum atomic E-state index is -1.06. The molecule has 1 unspecified atom stereocenters. The van der Waals surface area contributed by atoms with Gasteiger partial charge in [0.2, 0.25) is 0 Å². The molecule has 2 amide bonds. The number of hydrogen-bond donors (Lipinski definition) is 1. The van der Waals surface area contributed by atoms with Gasteiger partial charge in [0.1, 0.15) is 0 Å². The van der Waals surface area contributed by atoms with Crippen molar-refractivity contribution in [2.24, 2.45) is 0 Å². The second kappa shape index (κ2) is 9.49. The molecule has 1 aliphatic heterocycles. The zero-order chi connectivity index (χ0) is 21.7. The Morgan fingerprint density at radius 1 is 1.17 bits per heavy atom. The van der Waals surface area contributed by atoms with E-state index in [1.54, 1.807) is 31.2 Å². The van der Waals surface area contributed by atoms with E-state index in [0.717, 1.165) is 17.3 Å². The summed E-state index contributed by atoms with van der Waals surface area (Å²) in [5.74, 6) is -0.783. The first-order chi connectivity index (χ1) is 14.4. The van der Waals surface area contributed by atoms with E-state index in [1.165, 1.54) is 12.0 Å². The Balaban J connectivity index is 1.80. The average Bonchev–Trinajstić information content (AvgIpc) is 3.00. The first-order valence-corrected chi connectivity index (χ1v) is 10.1. The largest absolute Gasteiger partial charge is 0.493 e. The number of methoxy groups -OCH3 is 1. The van der Waals surface area contributed by atoms with E-state index < -0.39 is 12.1 Å². The normalized spacial score (nSPS) is 16.1. The van der Waals surface area contributed by atoms with Crippen molar-refractivity contribution in [1.29, 1.82) is 0 Å². The summed E-state index contributed by atoms with van der Waals surface area (Å²) in [7, 11) is 1.45. The van der Waals surface area contributed by atoms with Crippen LogP contribution in [-0.2, 0) is 16.1 Å². The van der Waals surface area contributed by atoms with E-state index in [9.17, 15) is 19.5 Å². The van der Waals surface area contributed by atoms with Gasteiger partial charge >= 0.3 is 5.97 Å². The van der Waals surface area contributed by atoms with Gasteiger partial charge in [0.25, 0.3) is 11.1 Å². The van der Waals surface area contributed by atoms with Gasteiger partial charge in [-0.15, -0.1) is 0 Å². The van der Waals surface area contributed by atoms with Crippen LogP contribution in [0.3, 0.4) is 0 Å². The van der Waals surface area contributed by atoms with Crippen LogP contribution in [0.25, 0.3) is 6.08 Å². The molecule has 1 N–H and O–H groups in total. The summed E-state index contributed by atoms with van der Waals surface area (Å²) in [4.78, 5) is 37.7. The van der Waals surface area contributed by atoms with Crippen molar-refractivity contribution < 1.29 is 29.0 Å². The number of carbonyl (C=O) groups excluding carboxylic acids is 2. The fourth-order valence-corrected chi connectivity index (χ4v) is 3.72. The number of aliphatic carboxylic acids is 1. The summed E-state index contributed by atoms with van der Waals surface area (Å²) in [6.45, 7) is 1.93. The van der Waals surface area contributed by atoms with Gasteiger partial charge in [0.15, 0.2) is 17.6 Å². The minimum Gasteiger partial charge on any atom is -0.493 e. The topological polar surface area (TPSA) is 93.1 Å². The number of carboxylic acid groups (broad SMARTS) is 1. The molecule has 1 heterocycles. The molecule has 7 nitrogen and oxygen atoms in total. The number of hydrogen-bond acceptors (Lipinski definition) is 6. The molecule has 2 aromatic carbocycles. The summed E-state index contributed by atoms with van der Waals surface area (Å²) >= 11 is 0.880. The second-order valence-corrected chi connectivity index (χ2v) is 7.51. The van der Waals surface area contributed by atoms with E-state index in [-0.39, 0.29) is 17.7 Å². The van der Waals surface area contributed by atoms with Gasteiger partial charge in [-0.2, -0.15) is 0 Å². The Bertz CT molecular complexity index is 988. The average molecular weight is 427 g/mol. The van der Waals surface area contributed by atoms with Crippen LogP contribution in [0.2, 0.25) is 0 Å². The smallest absolute Gasteiger partial charge is 0.344 e. The van der Waals surface area contributed by atoms with Gasteiger partial charge in [-0.3, -0.25) is 14.5 Å². The third-order valence-corrected chi connectivity index (χ3v) is 5.37. The highest BCUT2D eigenvalue weighted by atomic mass is 32.2. The van der Waals surface area contributed by atoms with Crippen molar-refractivity contribution in [1.82, 2.24) is 4.90 Å². The van der Waals surface area contributed by atoms with Crippen LogP contribution < -0.4 is 9.47 Å². The third kappa shape index (κ3) is 4.83. The van der Waals surface area contributed by atoms with Gasteiger partial charge in [-0.1, -0.05) is 43.3 Å². The number of rotatable bonds is 8. The lowest BCUT2D eigenvalue weighted by Crippen LogP contribution is -2.27. The number of ether oxygens (including phenoxy) is 2. The number of imide groups is 1. The summed E-state index contributed by atoms with van der Waals surface area (Å²) in [6, 6.07) is 14.2. The lowest BCUT2D eigenvalue weighted by molar-refractivity contribution is -0.145. The highest BCUT2D eigenvalue weighted by Gasteiger charge is 2.35. The maximum Gasteiger partial charge on any atom is 0.344 e. The molecule has 1 fully saturated rings. The Morgan fingerprint density at radius 3 is 2.53 bits per heavy atom. The molecule has 1 saturated heterocycles. The SMILES string of the molecule is CCC(Oc1ccc(/C=C2/SC(=O)N(Cc3ccccc3)C2=O)cc1OC)C(=O)O.